The monoisotopic (exact) mass is 245 g/mol. The van der Waals surface area contributed by atoms with E-state index in [1.54, 1.807) is 0 Å². The fraction of sp³-hybridized carbons (Fsp3) is 0.429. The lowest BCUT2D eigenvalue weighted by Gasteiger charge is -2.06. The number of likely N-dealkylation sites (N-methyl/N-ethyl adjacent to an activating group) is 1. The van der Waals surface area contributed by atoms with Crippen LogP contribution in [0.2, 0.25) is 0 Å². The van der Waals surface area contributed by atoms with Gasteiger partial charge in [0.2, 0.25) is 11.8 Å². The molecule has 0 aliphatic rings. The normalized spacial score (nSPS) is 10.9. The second-order valence-corrected chi connectivity index (χ2v) is 4.63. The van der Waals surface area contributed by atoms with E-state index in [0.717, 1.165) is 18.5 Å². The molecule has 0 saturated carbocycles. The molecule has 0 unspecified atom stereocenters. The van der Waals surface area contributed by atoms with Gasteiger partial charge in [0, 0.05) is 18.5 Å². The van der Waals surface area contributed by atoms with E-state index in [1.807, 2.05) is 7.05 Å². The second kappa shape index (κ2) is 5.31. The van der Waals surface area contributed by atoms with Gasteiger partial charge in [-0.1, -0.05) is 17.7 Å². The highest BCUT2D eigenvalue weighted by Gasteiger charge is 2.13. The van der Waals surface area contributed by atoms with Crippen molar-refractivity contribution in [1.82, 2.24) is 15.5 Å². The van der Waals surface area contributed by atoms with Gasteiger partial charge in [-0.05, 0) is 38.9 Å². The maximum atomic E-state index is 5.71. The number of hydrogen-bond donors (Lipinski definition) is 1. The first-order valence-electron chi connectivity index (χ1n) is 6.17. The summed E-state index contributed by atoms with van der Waals surface area (Å²) in [5.74, 6) is 1.30. The van der Waals surface area contributed by atoms with E-state index in [4.69, 9.17) is 4.42 Å². The van der Waals surface area contributed by atoms with Crippen LogP contribution in [0.15, 0.2) is 16.5 Å². The maximum absolute atomic E-state index is 5.71. The molecule has 0 bridgehead atoms. The van der Waals surface area contributed by atoms with Crippen molar-refractivity contribution in [2.24, 2.45) is 0 Å². The molecule has 0 spiro atoms. The van der Waals surface area contributed by atoms with Crippen molar-refractivity contribution < 1.29 is 4.42 Å². The van der Waals surface area contributed by atoms with E-state index in [9.17, 15) is 0 Å². The fourth-order valence-electron chi connectivity index (χ4n) is 2.20. The molecule has 1 N–H and O–H groups in total. The number of benzene rings is 1. The quantitative estimate of drug-likeness (QED) is 0.898. The van der Waals surface area contributed by atoms with Gasteiger partial charge in [-0.2, -0.15) is 0 Å². The van der Waals surface area contributed by atoms with Crippen molar-refractivity contribution in [1.29, 1.82) is 0 Å². The van der Waals surface area contributed by atoms with Crippen molar-refractivity contribution in [3.8, 4) is 11.5 Å². The molecule has 0 saturated heterocycles. The van der Waals surface area contributed by atoms with E-state index in [0.29, 0.717) is 11.8 Å². The van der Waals surface area contributed by atoms with Crippen LogP contribution >= 0.6 is 0 Å². The Bertz CT molecular complexity index is 523. The Kier molecular flexibility index (Phi) is 3.77. The average Bonchev–Trinajstić information content (AvgIpc) is 2.73. The molecule has 0 fully saturated rings. The van der Waals surface area contributed by atoms with Gasteiger partial charge in [-0.3, -0.25) is 0 Å². The lowest BCUT2D eigenvalue weighted by molar-refractivity contribution is 0.499. The van der Waals surface area contributed by atoms with Crippen molar-refractivity contribution in [2.75, 3.05) is 13.6 Å². The standard InChI is InChI=1S/C14H19N3O/c1-9-7-10(2)13(11(3)8-9)14-17-16-12(18-14)5-6-15-4/h7-8,15H,5-6H2,1-4H3. The van der Waals surface area contributed by atoms with Gasteiger partial charge in [-0.15, -0.1) is 10.2 Å². The lowest BCUT2D eigenvalue weighted by Crippen LogP contribution is -2.10. The molecular weight excluding hydrogens is 226 g/mol. The molecule has 1 aromatic carbocycles. The third kappa shape index (κ3) is 2.59. The predicted molar refractivity (Wildman–Crippen MR) is 71.6 cm³/mol. The zero-order valence-electron chi connectivity index (χ0n) is 11.4. The minimum absolute atomic E-state index is 0.621. The summed E-state index contributed by atoms with van der Waals surface area (Å²) in [6.07, 6.45) is 0.757. The molecule has 2 rings (SSSR count). The zero-order valence-corrected chi connectivity index (χ0v) is 11.4. The van der Waals surface area contributed by atoms with Crippen molar-refractivity contribution in [3.05, 3.63) is 34.7 Å². The van der Waals surface area contributed by atoms with E-state index in [-0.39, 0.29) is 0 Å². The maximum Gasteiger partial charge on any atom is 0.248 e. The van der Waals surface area contributed by atoms with Crippen molar-refractivity contribution in [2.45, 2.75) is 27.2 Å². The molecule has 0 aliphatic carbocycles. The van der Waals surface area contributed by atoms with Gasteiger partial charge >= 0.3 is 0 Å². The topological polar surface area (TPSA) is 51.0 Å². The van der Waals surface area contributed by atoms with Gasteiger partial charge in [0.05, 0.1) is 0 Å². The van der Waals surface area contributed by atoms with E-state index >= 15 is 0 Å². The molecular formula is C14H19N3O. The summed E-state index contributed by atoms with van der Waals surface area (Å²) in [6.45, 7) is 7.09. The summed E-state index contributed by atoms with van der Waals surface area (Å²) in [7, 11) is 1.91. The third-order valence-electron chi connectivity index (χ3n) is 2.95. The Morgan fingerprint density at radius 3 is 2.39 bits per heavy atom. The molecule has 0 aliphatic heterocycles. The highest BCUT2D eigenvalue weighted by atomic mass is 16.4. The Morgan fingerprint density at radius 1 is 1.11 bits per heavy atom. The molecule has 1 heterocycles. The number of hydrogen-bond acceptors (Lipinski definition) is 4. The first-order chi connectivity index (χ1) is 8.61. The first kappa shape index (κ1) is 12.8. The molecule has 1 aromatic heterocycles. The molecule has 2 aromatic rings. The largest absolute Gasteiger partial charge is 0.421 e. The summed E-state index contributed by atoms with van der Waals surface area (Å²) in [5, 5.41) is 11.3. The highest BCUT2D eigenvalue weighted by Crippen LogP contribution is 2.27. The SMILES string of the molecule is CNCCc1nnc(-c2c(C)cc(C)cc2C)o1. The van der Waals surface area contributed by atoms with Crippen LogP contribution in [0.1, 0.15) is 22.6 Å². The zero-order chi connectivity index (χ0) is 13.1. The third-order valence-corrected chi connectivity index (χ3v) is 2.95. The minimum atomic E-state index is 0.621. The smallest absolute Gasteiger partial charge is 0.248 e. The Morgan fingerprint density at radius 2 is 1.78 bits per heavy atom. The van der Waals surface area contributed by atoms with Gasteiger partial charge in [0.15, 0.2) is 0 Å². The highest BCUT2D eigenvalue weighted by molar-refractivity contribution is 5.63. The molecule has 4 nitrogen and oxygen atoms in total. The molecule has 0 atom stereocenters. The van der Waals surface area contributed by atoms with Crippen LogP contribution in [0.3, 0.4) is 0 Å². The fourth-order valence-corrected chi connectivity index (χ4v) is 2.20. The van der Waals surface area contributed by atoms with Crippen molar-refractivity contribution >= 4 is 0 Å². The summed E-state index contributed by atoms with van der Waals surface area (Å²) >= 11 is 0. The van der Waals surface area contributed by atoms with E-state index < -0.39 is 0 Å². The lowest BCUT2D eigenvalue weighted by atomic mass is 10.00. The van der Waals surface area contributed by atoms with Crippen LogP contribution < -0.4 is 5.32 Å². The molecule has 18 heavy (non-hydrogen) atoms. The van der Waals surface area contributed by atoms with Crippen LogP contribution in [0.25, 0.3) is 11.5 Å². The molecule has 4 heteroatoms. The van der Waals surface area contributed by atoms with Gasteiger partial charge in [-0.25, -0.2) is 0 Å². The van der Waals surface area contributed by atoms with Crippen LogP contribution in [0, 0.1) is 20.8 Å². The molecule has 96 valence electrons. The molecule has 0 radical (unpaired) electrons. The Labute approximate surface area is 107 Å². The number of rotatable bonds is 4. The van der Waals surface area contributed by atoms with E-state index in [2.05, 4.69) is 48.4 Å². The minimum Gasteiger partial charge on any atom is -0.421 e. The van der Waals surface area contributed by atoms with Crippen molar-refractivity contribution in [3.63, 3.8) is 0 Å². The molecule has 0 amide bonds. The summed E-state index contributed by atoms with van der Waals surface area (Å²) in [5.41, 5.74) is 4.67. The van der Waals surface area contributed by atoms with Crippen LogP contribution in [-0.2, 0) is 6.42 Å². The van der Waals surface area contributed by atoms with E-state index in [1.165, 1.54) is 16.7 Å². The Hall–Kier alpha value is -1.68. The number of aromatic nitrogens is 2. The van der Waals surface area contributed by atoms with Crippen LogP contribution in [-0.4, -0.2) is 23.8 Å². The van der Waals surface area contributed by atoms with Crippen LogP contribution in [0.4, 0.5) is 0 Å². The number of nitrogens with one attached hydrogen (secondary N) is 1. The predicted octanol–water partition coefficient (Wildman–Crippen LogP) is 2.42. The van der Waals surface area contributed by atoms with Gasteiger partial charge < -0.3 is 9.73 Å². The number of aryl methyl sites for hydroxylation is 3. The van der Waals surface area contributed by atoms with Gasteiger partial charge in [0.25, 0.3) is 0 Å². The summed E-state index contributed by atoms with van der Waals surface area (Å²) in [6, 6.07) is 4.28. The second-order valence-electron chi connectivity index (χ2n) is 4.63. The Balaban J connectivity index is 2.34. The average molecular weight is 245 g/mol. The van der Waals surface area contributed by atoms with Crippen LogP contribution in [0.5, 0.6) is 0 Å². The van der Waals surface area contributed by atoms with Gasteiger partial charge in [0.1, 0.15) is 0 Å². The summed E-state index contributed by atoms with van der Waals surface area (Å²) < 4.78 is 5.71. The number of nitrogens with zero attached hydrogens (tertiary/aromatic N) is 2. The first-order valence-corrected chi connectivity index (χ1v) is 6.17. The summed E-state index contributed by atoms with van der Waals surface area (Å²) in [4.78, 5) is 0.